The summed E-state index contributed by atoms with van der Waals surface area (Å²) in [6.07, 6.45) is 0.0755. The van der Waals surface area contributed by atoms with Crippen molar-refractivity contribution in [2.24, 2.45) is 0 Å². The summed E-state index contributed by atoms with van der Waals surface area (Å²) in [5, 5.41) is 13.6. The first-order valence-corrected chi connectivity index (χ1v) is 7.80. The maximum atomic E-state index is 13.0. The van der Waals surface area contributed by atoms with Gasteiger partial charge in [-0.3, -0.25) is 4.79 Å². The lowest BCUT2D eigenvalue weighted by Crippen LogP contribution is -2.42. The van der Waals surface area contributed by atoms with Gasteiger partial charge in [-0.05, 0) is 34.5 Å². The van der Waals surface area contributed by atoms with Crippen LogP contribution in [-0.2, 0) is 11.2 Å². The summed E-state index contributed by atoms with van der Waals surface area (Å²) in [4.78, 5) is 24.1. The van der Waals surface area contributed by atoms with Crippen LogP contribution < -0.4 is 5.32 Å². The zero-order chi connectivity index (χ0) is 17.8. The Morgan fingerprint density at radius 3 is 2.36 bits per heavy atom. The lowest BCUT2D eigenvalue weighted by Gasteiger charge is -2.15. The molecule has 0 aliphatic carbocycles. The molecule has 0 aliphatic heterocycles. The molecule has 3 aromatic rings. The molecule has 1 amide bonds. The van der Waals surface area contributed by atoms with Crippen molar-refractivity contribution < 1.29 is 19.1 Å². The van der Waals surface area contributed by atoms with Crippen LogP contribution in [0.2, 0.25) is 0 Å². The highest BCUT2D eigenvalue weighted by atomic mass is 19.1. The van der Waals surface area contributed by atoms with Crippen LogP contribution in [0.4, 0.5) is 4.39 Å². The summed E-state index contributed by atoms with van der Waals surface area (Å²) in [5.41, 5.74) is 1.05. The molecule has 5 heteroatoms. The predicted octanol–water partition coefficient (Wildman–Crippen LogP) is 3.40. The highest BCUT2D eigenvalue weighted by Gasteiger charge is 2.22. The molecular weight excluding hydrogens is 321 g/mol. The zero-order valence-electron chi connectivity index (χ0n) is 13.3. The summed E-state index contributed by atoms with van der Waals surface area (Å²) >= 11 is 0. The van der Waals surface area contributed by atoms with Gasteiger partial charge in [0.15, 0.2) is 0 Å². The van der Waals surface area contributed by atoms with E-state index in [1.807, 2.05) is 30.3 Å². The number of hydrogen-bond donors (Lipinski definition) is 2. The fourth-order valence-electron chi connectivity index (χ4n) is 2.72. The van der Waals surface area contributed by atoms with Gasteiger partial charge in [-0.2, -0.15) is 0 Å². The first-order valence-electron chi connectivity index (χ1n) is 7.80. The van der Waals surface area contributed by atoms with Gasteiger partial charge in [0.2, 0.25) is 0 Å². The number of aliphatic carboxylic acids is 1. The molecule has 126 valence electrons. The van der Waals surface area contributed by atoms with Gasteiger partial charge in [-0.15, -0.1) is 0 Å². The highest BCUT2D eigenvalue weighted by Crippen LogP contribution is 2.18. The minimum absolute atomic E-state index is 0.0755. The Kier molecular flexibility index (Phi) is 4.75. The van der Waals surface area contributed by atoms with Gasteiger partial charge in [-0.1, -0.05) is 48.5 Å². The van der Waals surface area contributed by atoms with E-state index in [4.69, 9.17) is 0 Å². The zero-order valence-corrected chi connectivity index (χ0v) is 13.3. The van der Waals surface area contributed by atoms with E-state index in [0.29, 0.717) is 11.1 Å². The molecule has 2 N–H and O–H groups in total. The van der Waals surface area contributed by atoms with Crippen molar-refractivity contribution in [1.29, 1.82) is 0 Å². The van der Waals surface area contributed by atoms with Crippen molar-refractivity contribution in [2.75, 3.05) is 0 Å². The van der Waals surface area contributed by atoms with Crippen molar-refractivity contribution in [1.82, 2.24) is 5.32 Å². The molecule has 0 bridgehead atoms. The van der Waals surface area contributed by atoms with Gasteiger partial charge >= 0.3 is 5.97 Å². The number of nitrogens with one attached hydrogen (secondary N) is 1. The molecule has 0 saturated heterocycles. The van der Waals surface area contributed by atoms with E-state index in [1.165, 1.54) is 24.3 Å². The van der Waals surface area contributed by atoms with E-state index in [0.717, 1.165) is 10.8 Å². The molecule has 0 heterocycles. The van der Waals surface area contributed by atoms with Gasteiger partial charge in [0, 0.05) is 12.0 Å². The van der Waals surface area contributed by atoms with Gasteiger partial charge < -0.3 is 10.4 Å². The third-order valence-corrected chi connectivity index (χ3v) is 3.99. The monoisotopic (exact) mass is 337 g/mol. The fraction of sp³-hybridized carbons (Fsp3) is 0.100. The van der Waals surface area contributed by atoms with Crippen molar-refractivity contribution >= 4 is 22.6 Å². The van der Waals surface area contributed by atoms with Crippen LogP contribution in [0.25, 0.3) is 10.8 Å². The lowest BCUT2D eigenvalue weighted by atomic mass is 10.0. The predicted molar refractivity (Wildman–Crippen MR) is 92.9 cm³/mol. The van der Waals surface area contributed by atoms with Crippen molar-refractivity contribution in [2.45, 2.75) is 12.5 Å². The van der Waals surface area contributed by atoms with Crippen LogP contribution in [0.5, 0.6) is 0 Å². The van der Waals surface area contributed by atoms with Gasteiger partial charge in [0.1, 0.15) is 11.9 Å². The van der Waals surface area contributed by atoms with E-state index in [-0.39, 0.29) is 6.42 Å². The summed E-state index contributed by atoms with van der Waals surface area (Å²) in [6.45, 7) is 0. The molecule has 3 aromatic carbocycles. The summed E-state index contributed by atoms with van der Waals surface area (Å²) < 4.78 is 13.0. The number of halogens is 1. The standard InChI is InChI=1S/C20H16FNO3/c21-15-10-8-13(9-11-15)12-18(20(24)25)22-19(23)17-7-3-5-14-4-1-2-6-16(14)17/h1-11,18H,12H2,(H,22,23)(H,24,25)/t18-/m1/s1. The summed E-state index contributed by atoms with van der Waals surface area (Å²) in [6, 6.07) is 17.2. The highest BCUT2D eigenvalue weighted by molar-refractivity contribution is 6.07. The molecule has 0 saturated carbocycles. The van der Waals surface area contributed by atoms with Crippen LogP contribution in [0.15, 0.2) is 66.7 Å². The van der Waals surface area contributed by atoms with E-state index in [1.54, 1.807) is 12.1 Å². The van der Waals surface area contributed by atoms with Crippen LogP contribution in [0.3, 0.4) is 0 Å². The Labute approximate surface area is 143 Å². The minimum Gasteiger partial charge on any atom is -0.480 e. The third-order valence-electron chi connectivity index (χ3n) is 3.99. The summed E-state index contributed by atoms with van der Waals surface area (Å²) in [5.74, 6) is -1.99. The molecule has 4 nitrogen and oxygen atoms in total. The SMILES string of the molecule is O=C(N[C@H](Cc1ccc(F)cc1)C(=O)O)c1cccc2ccccc12. The molecule has 0 aromatic heterocycles. The maximum Gasteiger partial charge on any atom is 0.326 e. The minimum atomic E-state index is -1.14. The normalized spacial score (nSPS) is 11.9. The topological polar surface area (TPSA) is 66.4 Å². The number of carbonyl (C=O) groups excluding carboxylic acids is 1. The van der Waals surface area contributed by atoms with Crippen molar-refractivity contribution in [3.63, 3.8) is 0 Å². The third kappa shape index (κ3) is 3.83. The van der Waals surface area contributed by atoms with Gasteiger partial charge in [0.25, 0.3) is 5.91 Å². The Bertz CT molecular complexity index is 916. The van der Waals surface area contributed by atoms with Crippen molar-refractivity contribution in [3.8, 4) is 0 Å². The van der Waals surface area contributed by atoms with E-state index < -0.39 is 23.7 Å². The van der Waals surface area contributed by atoms with E-state index in [2.05, 4.69) is 5.32 Å². The largest absolute Gasteiger partial charge is 0.480 e. The number of benzene rings is 3. The molecular formula is C20H16FNO3. The molecule has 0 unspecified atom stereocenters. The van der Waals surface area contributed by atoms with E-state index >= 15 is 0 Å². The molecule has 0 spiro atoms. The second-order valence-corrected chi connectivity index (χ2v) is 5.72. The summed E-state index contributed by atoms with van der Waals surface area (Å²) in [7, 11) is 0. The average molecular weight is 337 g/mol. The molecule has 3 rings (SSSR count). The number of rotatable bonds is 5. The second-order valence-electron chi connectivity index (χ2n) is 5.72. The van der Waals surface area contributed by atoms with Gasteiger partial charge in [-0.25, -0.2) is 9.18 Å². The first kappa shape index (κ1) is 16.6. The number of carboxylic acids is 1. The number of fused-ring (bicyclic) bond motifs is 1. The number of carboxylic acid groups (broad SMARTS) is 1. The number of amides is 1. The fourth-order valence-corrected chi connectivity index (χ4v) is 2.72. The van der Waals surface area contributed by atoms with Crippen molar-refractivity contribution in [3.05, 3.63) is 83.7 Å². The van der Waals surface area contributed by atoms with Crippen LogP contribution in [0.1, 0.15) is 15.9 Å². The Balaban J connectivity index is 1.83. The lowest BCUT2D eigenvalue weighted by molar-refractivity contribution is -0.139. The molecule has 1 atom stereocenters. The molecule has 0 fully saturated rings. The second kappa shape index (κ2) is 7.13. The van der Waals surface area contributed by atoms with Crippen LogP contribution in [-0.4, -0.2) is 23.0 Å². The smallest absolute Gasteiger partial charge is 0.326 e. The molecule has 0 radical (unpaired) electrons. The average Bonchev–Trinajstić information content (AvgIpc) is 2.62. The first-order chi connectivity index (χ1) is 12.0. The molecule has 25 heavy (non-hydrogen) atoms. The Morgan fingerprint density at radius 2 is 1.64 bits per heavy atom. The Morgan fingerprint density at radius 1 is 0.960 bits per heavy atom. The molecule has 0 aliphatic rings. The number of hydrogen-bond acceptors (Lipinski definition) is 2. The number of carbonyl (C=O) groups is 2. The van der Waals surface area contributed by atoms with E-state index in [9.17, 15) is 19.1 Å². The Hall–Kier alpha value is -3.21. The van der Waals surface area contributed by atoms with Crippen LogP contribution >= 0.6 is 0 Å². The van der Waals surface area contributed by atoms with Gasteiger partial charge in [0.05, 0.1) is 0 Å². The quantitative estimate of drug-likeness (QED) is 0.750. The maximum absolute atomic E-state index is 13.0. The van der Waals surface area contributed by atoms with Crippen LogP contribution in [0, 0.1) is 5.82 Å².